The number of carbonyl (C=O) groups is 2. The Morgan fingerprint density at radius 1 is 1.41 bits per heavy atom. The van der Waals surface area contributed by atoms with E-state index in [1.165, 1.54) is 4.90 Å². The second-order valence-electron chi connectivity index (χ2n) is 5.12. The zero-order chi connectivity index (χ0) is 15.7. The van der Waals surface area contributed by atoms with Crippen LogP contribution >= 0.6 is 0 Å². The summed E-state index contributed by atoms with van der Waals surface area (Å²) in [7, 11) is 0. The van der Waals surface area contributed by atoms with Crippen LogP contribution in [0.25, 0.3) is 5.65 Å². The van der Waals surface area contributed by atoms with Gasteiger partial charge in [-0.25, -0.2) is 9.78 Å². The van der Waals surface area contributed by atoms with Crippen molar-refractivity contribution in [1.29, 1.82) is 5.26 Å². The molecule has 1 saturated heterocycles. The van der Waals surface area contributed by atoms with Crippen LogP contribution in [0.4, 0.5) is 10.6 Å². The van der Waals surface area contributed by atoms with Gasteiger partial charge < -0.3 is 19.7 Å². The molecule has 112 valence electrons. The van der Waals surface area contributed by atoms with Gasteiger partial charge in [-0.2, -0.15) is 5.26 Å². The van der Waals surface area contributed by atoms with E-state index < -0.39 is 6.09 Å². The van der Waals surface area contributed by atoms with Crippen molar-refractivity contribution in [2.45, 2.75) is 6.42 Å². The molecule has 8 heteroatoms. The highest BCUT2D eigenvalue weighted by molar-refractivity contribution is 5.92. The second-order valence-corrected chi connectivity index (χ2v) is 5.12. The Kier molecular flexibility index (Phi) is 3.39. The molecule has 2 N–H and O–H groups in total. The van der Waals surface area contributed by atoms with E-state index in [4.69, 9.17) is 10.4 Å². The van der Waals surface area contributed by atoms with E-state index >= 15 is 0 Å². The van der Waals surface area contributed by atoms with Gasteiger partial charge in [-0.15, -0.1) is 0 Å². The summed E-state index contributed by atoms with van der Waals surface area (Å²) in [5.41, 5.74) is 1.11. The van der Waals surface area contributed by atoms with Crippen LogP contribution in [-0.4, -0.2) is 44.5 Å². The number of pyridine rings is 1. The molecule has 0 spiro atoms. The minimum absolute atomic E-state index is 0.202. The number of carbonyl (C=O) groups excluding carboxylic acids is 1. The molecule has 1 aliphatic heterocycles. The summed E-state index contributed by atoms with van der Waals surface area (Å²) >= 11 is 0. The molecule has 2 amide bonds. The lowest BCUT2D eigenvalue weighted by atomic mass is 10.1. The Morgan fingerprint density at radius 2 is 2.23 bits per heavy atom. The molecule has 1 atom stereocenters. The van der Waals surface area contributed by atoms with Crippen LogP contribution in [0.1, 0.15) is 12.0 Å². The number of imidazole rings is 1. The first-order chi connectivity index (χ1) is 10.6. The summed E-state index contributed by atoms with van der Waals surface area (Å²) in [6, 6.07) is 5.37. The summed E-state index contributed by atoms with van der Waals surface area (Å²) in [6.07, 6.45) is 2.74. The molecule has 2 aromatic heterocycles. The molecule has 2 aromatic rings. The van der Waals surface area contributed by atoms with Crippen LogP contribution in [0.15, 0.2) is 24.5 Å². The predicted molar refractivity (Wildman–Crippen MR) is 76.2 cm³/mol. The SMILES string of the molecule is N#Cc1ccc2nc(NC(=O)C3CCN(C(=O)O)C3)cn2c1. The second kappa shape index (κ2) is 5.37. The summed E-state index contributed by atoms with van der Waals surface area (Å²) in [5, 5.41) is 20.5. The van der Waals surface area contributed by atoms with Crippen molar-refractivity contribution < 1.29 is 14.7 Å². The molecule has 0 aliphatic carbocycles. The third-order valence-corrected chi connectivity index (χ3v) is 3.66. The van der Waals surface area contributed by atoms with Gasteiger partial charge in [-0.1, -0.05) is 0 Å². The number of fused-ring (bicyclic) bond motifs is 1. The molecule has 1 aliphatic rings. The molecule has 3 rings (SSSR count). The van der Waals surface area contributed by atoms with Crippen LogP contribution in [0.2, 0.25) is 0 Å². The van der Waals surface area contributed by atoms with Gasteiger partial charge >= 0.3 is 6.09 Å². The lowest BCUT2D eigenvalue weighted by Crippen LogP contribution is -2.30. The average molecular weight is 299 g/mol. The zero-order valence-electron chi connectivity index (χ0n) is 11.6. The maximum Gasteiger partial charge on any atom is 0.407 e. The summed E-state index contributed by atoms with van der Waals surface area (Å²) < 4.78 is 1.66. The van der Waals surface area contributed by atoms with Gasteiger partial charge in [0, 0.05) is 19.3 Å². The molecule has 0 aromatic carbocycles. The quantitative estimate of drug-likeness (QED) is 0.864. The number of nitrogens with one attached hydrogen (secondary N) is 1. The fraction of sp³-hybridized carbons (Fsp3) is 0.286. The molecule has 0 saturated carbocycles. The minimum atomic E-state index is -1.01. The van der Waals surface area contributed by atoms with Crippen LogP contribution < -0.4 is 5.32 Å². The van der Waals surface area contributed by atoms with Crippen molar-refractivity contribution in [2.75, 3.05) is 18.4 Å². The number of hydrogen-bond donors (Lipinski definition) is 2. The summed E-state index contributed by atoms with van der Waals surface area (Å²) in [6.45, 7) is 0.567. The number of carboxylic acid groups (broad SMARTS) is 1. The molecule has 8 nitrogen and oxygen atoms in total. The van der Waals surface area contributed by atoms with Crippen LogP contribution in [-0.2, 0) is 4.79 Å². The molecular weight excluding hydrogens is 286 g/mol. The Hall–Kier alpha value is -3.08. The molecule has 0 radical (unpaired) electrons. The predicted octanol–water partition coefficient (Wildman–Crippen LogP) is 1.14. The van der Waals surface area contributed by atoms with Gasteiger partial charge in [0.25, 0.3) is 0 Å². The number of amides is 2. The van der Waals surface area contributed by atoms with Gasteiger partial charge in [0.05, 0.1) is 17.7 Å². The molecule has 3 heterocycles. The van der Waals surface area contributed by atoms with E-state index in [0.29, 0.717) is 30.0 Å². The lowest BCUT2D eigenvalue weighted by Gasteiger charge is -2.11. The number of likely N-dealkylation sites (tertiary alicyclic amines) is 1. The first-order valence-corrected chi connectivity index (χ1v) is 6.74. The lowest BCUT2D eigenvalue weighted by molar-refractivity contribution is -0.119. The number of anilines is 1. The highest BCUT2D eigenvalue weighted by Gasteiger charge is 2.31. The van der Waals surface area contributed by atoms with E-state index in [0.717, 1.165) is 0 Å². The van der Waals surface area contributed by atoms with Crippen LogP contribution in [0, 0.1) is 17.2 Å². The summed E-state index contributed by atoms with van der Waals surface area (Å²) in [5.74, 6) is -0.225. The standard InChI is InChI=1S/C14H13N5O3/c15-5-9-1-2-12-16-11(8-19(12)6-9)17-13(20)10-3-4-18(7-10)14(21)22/h1-2,6,8,10H,3-4,7H2,(H,17,20)(H,21,22). The van der Waals surface area contributed by atoms with Crippen molar-refractivity contribution in [3.8, 4) is 6.07 Å². The molecule has 22 heavy (non-hydrogen) atoms. The Labute approximate surface area is 125 Å². The van der Waals surface area contributed by atoms with Crippen LogP contribution in [0.3, 0.4) is 0 Å². The van der Waals surface area contributed by atoms with E-state index in [9.17, 15) is 9.59 Å². The monoisotopic (exact) mass is 299 g/mol. The van der Waals surface area contributed by atoms with Crippen molar-refractivity contribution >= 4 is 23.5 Å². The van der Waals surface area contributed by atoms with Gasteiger partial charge in [0.15, 0.2) is 5.82 Å². The highest BCUT2D eigenvalue weighted by Crippen LogP contribution is 2.19. The number of rotatable bonds is 2. The number of hydrogen-bond acceptors (Lipinski definition) is 4. The van der Waals surface area contributed by atoms with Gasteiger partial charge in [-0.05, 0) is 18.6 Å². The van der Waals surface area contributed by atoms with Gasteiger partial charge in [-0.3, -0.25) is 4.79 Å². The van der Waals surface area contributed by atoms with Gasteiger partial charge in [0.2, 0.25) is 5.91 Å². The highest BCUT2D eigenvalue weighted by atomic mass is 16.4. The molecular formula is C14H13N5O3. The Balaban J connectivity index is 1.72. The molecule has 1 fully saturated rings. The fourth-order valence-electron chi connectivity index (χ4n) is 2.49. The topological polar surface area (TPSA) is 111 Å². The Bertz CT molecular complexity index is 791. The first kappa shape index (κ1) is 13.9. The third kappa shape index (κ3) is 2.56. The van der Waals surface area contributed by atoms with E-state index in [1.807, 2.05) is 6.07 Å². The van der Waals surface area contributed by atoms with Crippen LogP contribution in [0.5, 0.6) is 0 Å². The van der Waals surface area contributed by atoms with Gasteiger partial charge in [0.1, 0.15) is 11.7 Å². The van der Waals surface area contributed by atoms with E-state index in [-0.39, 0.29) is 18.4 Å². The zero-order valence-corrected chi connectivity index (χ0v) is 11.6. The minimum Gasteiger partial charge on any atom is -0.465 e. The number of nitriles is 1. The normalized spacial score (nSPS) is 17.4. The van der Waals surface area contributed by atoms with E-state index in [2.05, 4.69) is 10.3 Å². The third-order valence-electron chi connectivity index (χ3n) is 3.66. The average Bonchev–Trinajstić information content (AvgIpc) is 3.12. The maximum atomic E-state index is 12.2. The maximum absolute atomic E-state index is 12.2. The van der Waals surface area contributed by atoms with Crippen molar-refractivity contribution in [2.24, 2.45) is 5.92 Å². The van der Waals surface area contributed by atoms with Crippen molar-refractivity contribution in [1.82, 2.24) is 14.3 Å². The first-order valence-electron chi connectivity index (χ1n) is 6.74. The molecule has 0 bridgehead atoms. The van der Waals surface area contributed by atoms with Crippen molar-refractivity contribution in [3.63, 3.8) is 0 Å². The number of aromatic nitrogens is 2. The smallest absolute Gasteiger partial charge is 0.407 e. The Morgan fingerprint density at radius 3 is 2.91 bits per heavy atom. The fourth-order valence-corrected chi connectivity index (χ4v) is 2.49. The largest absolute Gasteiger partial charge is 0.465 e. The molecule has 1 unspecified atom stereocenters. The van der Waals surface area contributed by atoms with E-state index in [1.54, 1.807) is 28.9 Å². The summed E-state index contributed by atoms with van der Waals surface area (Å²) in [4.78, 5) is 28.5. The van der Waals surface area contributed by atoms with Crippen molar-refractivity contribution in [3.05, 3.63) is 30.1 Å². The number of nitrogens with zero attached hydrogens (tertiary/aromatic N) is 4.